The van der Waals surface area contributed by atoms with Crippen molar-refractivity contribution in [1.29, 1.82) is 0 Å². The van der Waals surface area contributed by atoms with Crippen LogP contribution in [0.1, 0.15) is 0 Å². The smallest absolute Gasteiger partial charge is 0.147 e. The van der Waals surface area contributed by atoms with Crippen molar-refractivity contribution in [3.8, 4) is 0 Å². The molecular formula is C3H6BF. The third-order valence-corrected chi connectivity index (χ3v) is 0.325. The zero-order chi connectivity index (χ0) is 4.12. The van der Waals surface area contributed by atoms with Crippen molar-refractivity contribution in [2.24, 2.45) is 0 Å². The Morgan fingerprint density at radius 1 is 1.80 bits per heavy atom. The molecule has 0 aliphatic carbocycles. The second kappa shape index (κ2) is 3.73. The van der Waals surface area contributed by atoms with E-state index in [2.05, 4.69) is 0 Å². The van der Waals surface area contributed by atoms with Gasteiger partial charge in [-0.3, -0.25) is 0 Å². The van der Waals surface area contributed by atoms with Crippen molar-refractivity contribution < 1.29 is 4.39 Å². The Morgan fingerprint density at radius 2 is 2.40 bits per heavy atom. The normalized spacial score (nSPS) is 9.20. The van der Waals surface area contributed by atoms with Crippen molar-refractivity contribution in [3.05, 3.63) is 12.3 Å². The zero-order valence-electron chi connectivity index (χ0n) is 3.24. The van der Waals surface area contributed by atoms with Gasteiger partial charge in [0.2, 0.25) is 0 Å². The van der Waals surface area contributed by atoms with Gasteiger partial charge in [-0.1, -0.05) is 12.8 Å². The number of halogens is 1. The summed E-state index contributed by atoms with van der Waals surface area (Å²) in [5.41, 5.74) is 0. The van der Waals surface area contributed by atoms with Gasteiger partial charge in [0.25, 0.3) is 0 Å². The molecule has 0 amide bonds. The Hall–Kier alpha value is -0.265. The number of hydrogen-bond acceptors (Lipinski definition) is 0. The summed E-state index contributed by atoms with van der Waals surface area (Å²) in [7, 11) is 0.788. The molecule has 0 aliphatic heterocycles. The van der Waals surface area contributed by atoms with E-state index in [9.17, 15) is 4.39 Å². The quantitative estimate of drug-likeness (QED) is 0.404. The monoisotopic (exact) mass is 72.1 g/mol. The molecule has 0 bridgehead atoms. The summed E-state index contributed by atoms with van der Waals surface area (Å²) in [5.74, 6) is 1.46. The summed E-state index contributed by atoms with van der Waals surface area (Å²) in [5, 5.41) is 0. The van der Waals surface area contributed by atoms with Crippen molar-refractivity contribution in [1.82, 2.24) is 0 Å². The Labute approximate surface area is 31.9 Å². The van der Waals surface area contributed by atoms with Gasteiger partial charge < -0.3 is 0 Å². The van der Waals surface area contributed by atoms with Gasteiger partial charge in [-0.25, -0.2) is 4.39 Å². The SMILES string of the molecule is CB/C=C/F. The van der Waals surface area contributed by atoms with Gasteiger partial charge in [0.1, 0.15) is 7.28 Å². The lowest BCUT2D eigenvalue weighted by atomic mass is 9.84. The Balaban J connectivity index is 2.62. The third-order valence-electron chi connectivity index (χ3n) is 0.325. The molecule has 0 saturated heterocycles. The van der Waals surface area contributed by atoms with E-state index >= 15 is 0 Å². The van der Waals surface area contributed by atoms with Crippen molar-refractivity contribution in [3.63, 3.8) is 0 Å². The molecule has 2 heteroatoms. The van der Waals surface area contributed by atoms with Crippen LogP contribution in [-0.2, 0) is 0 Å². The highest BCUT2D eigenvalue weighted by atomic mass is 19.1. The third kappa shape index (κ3) is 3.73. The largest absolute Gasteiger partial charge is 0.217 e. The van der Waals surface area contributed by atoms with E-state index in [4.69, 9.17) is 0 Å². The van der Waals surface area contributed by atoms with Crippen LogP contribution in [-0.4, -0.2) is 7.28 Å². The van der Waals surface area contributed by atoms with Crippen molar-refractivity contribution in [2.45, 2.75) is 6.82 Å². The van der Waals surface area contributed by atoms with Gasteiger partial charge in [0, 0.05) is 0 Å². The fraction of sp³-hybridized carbons (Fsp3) is 0.333. The first kappa shape index (κ1) is 4.73. The fourth-order valence-corrected chi connectivity index (χ4v) is 0.0891. The molecule has 5 heavy (non-hydrogen) atoms. The van der Waals surface area contributed by atoms with Gasteiger partial charge >= 0.3 is 0 Å². The molecule has 0 fully saturated rings. The van der Waals surface area contributed by atoms with E-state index in [0.29, 0.717) is 6.33 Å². The maximum atomic E-state index is 10.8. The van der Waals surface area contributed by atoms with E-state index in [1.807, 2.05) is 6.82 Å². The molecule has 0 N–H and O–H groups in total. The molecule has 0 aromatic carbocycles. The lowest BCUT2D eigenvalue weighted by molar-refractivity contribution is 0.723. The molecule has 0 unspecified atom stereocenters. The first-order valence-electron chi connectivity index (χ1n) is 1.67. The van der Waals surface area contributed by atoms with E-state index < -0.39 is 0 Å². The molecule has 0 saturated carbocycles. The van der Waals surface area contributed by atoms with Crippen molar-refractivity contribution in [2.75, 3.05) is 0 Å². The molecular weight excluding hydrogens is 65.8 g/mol. The van der Waals surface area contributed by atoms with Crippen LogP contribution in [0.3, 0.4) is 0 Å². The fourth-order valence-electron chi connectivity index (χ4n) is 0.0891. The van der Waals surface area contributed by atoms with E-state index in [-0.39, 0.29) is 0 Å². The molecule has 0 heterocycles. The predicted molar refractivity (Wildman–Crippen MR) is 23.3 cm³/mol. The van der Waals surface area contributed by atoms with Gasteiger partial charge in [-0.15, -0.1) is 0 Å². The second-order valence-electron chi connectivity index (χ2n) is 0.770. The van der Waals surface area contributed by atoms with E-state index in [1.54, 1.807) is 0 Å². The van der Waals surface area contributed by atoms with Crippen molar-refractivity contribution >= 4 is 7.28 Å². The number of rotatable bonds is 1. The molecule has 0 nitrogen and oxygen atoms in total. The Bertz CT molecular complexity index is 33.9. The average molecular weight is 71.9 g/mol. The van der Waals surface area contributed by atoms with Gasteiger partial charge in [0.15, 0.2) is 0 Å². The highest BCUT2D eigenvalue weighted by Crippen LogP contribution is 1.65. The second-order valence-corrected chi connectivity index (χ2v) is 0.770. The molecule has 0 atom stereocenters. The van der Waals surface area contributed by atoms with E-state index in [1.165, 1.54) is 5.98 Å². The maximum Gasteiger partial charge on any atom is 0.147 e. The summed E-state index contributed by atoms with van der Waals surface area (Å²) >= 11 is 0. The van der Waals surface area contributed by atoms with Gasteiger partial charge in [-0.2, -0.15) is 0 Å². The average Bonchev–Trinajstić information content (AvgIpc) is 1.41. The Kier molecular flexibility index (Phi) is 3.54. The number of hydrogen-bond donors (Lipinski definition) is 0. The molecule has 0 aromatic rings. The highest BCUT2D eigenvalue weighted by Gasteiger charge is 1.60. The standard InChI is InChI=1S/C3H6BF/c1-4-2-3-5/h2-4H,1H3/b3-2+. The molecule has 0 radical (unpaired) electrons. The summed E-state index contributed by atoms with van der Waals surface area (Å²) in [6.45, 7) is 1.88. The summed E-state index contributed by atoms with van der Waals surface area (Å²) < 4.78 is 10.8. The van der Waals surface area contributed by atoms with Crippen LogP contribution >= 0.6 is 0 Å². The lowest BCUT2D eigenvalue weighted by Gasteiger charge is -1.58. The molecule has 0 aromatic heterocycles. The van der Waals surface area contributed by atoms with Crippen LogP contribution in [0, 0.1) is 0 Å². The molecule has 0 aliphatic rings. The van der Waals surface area contributed by atoms with Gasteiger partial charge in [-0.05, 0) is 0 Å². The molecule has 0 rings (SSSR count). The predicted octanol–water partition coefficient (Wildman–Crippen LogP) is 0.912. The minimum atomic E-state index is 0.556. The summed E-state index contributed by atoms with van der Waals surface area (Å²) in [6.07, 6.45) is 0.556. The van der Waals surface area contributed by atoms with Crippen LogP contribution in [0.25, 0.3) is 0 Å². The molecule has 0 spiro atoms. The van der Waals surface area contributed by atoms with Gasteiger partial charge in [0.05, 0.1) is 6.33 Å². The molecule has 28 valence electrons. The minimum Gasteiger partial charge on any atom is -0.217 e. The topological polar surface area (TPSA) is 0 Å². The van der Waals surface area contributed by atoms with E-state index in [0.717, 1.165) is 7.28 Å². The zero-order valence-corrected chi connectivity index (χ0v) is 3.24. The first-order valence-corrected chi connectivity index (χ1v) is 1.67. The maximum absolute atomic E-state index is 10.8. The van der Waals surface area contributed by atoms with Crippen LogP contribution in [0.5, 0.6) is 0 Å². The summed E-state index contributed by atoms with van der Waals surface area (Å²) in [4.78, 5) is 0. The first-order chi connectivity index (χ1) is 2.41. The van der Waals surface area contributed by atoms with Crippen LogP contribution < -0.4 is 0 Å². The van der Waals surface area contributed by atoms with Crippen LogP contribution in [0.4, 0.5) is 4.39 Å². The Morgan fingerprint density at radius 3 is 2.40 bits per heavy atom. The lowest BCUT2D eigenvalue weighted by Crippen LogP contribution is -1.63. The van der Waals surface area contributed by atoms with Crippen LogP contribution in [0.15, 0.2) is 12.3 Å². The highest BCUT2D eigenvalue weighted by molar-refractivity contribution is 6.40. The summed E-state index contributed by atoms with van der Waals surface area (Å²) in [6, 6.07) is 0. The van der Waals surface area contributed by atoms with Crippen LogP contribution in [0.2, 0.25) is 6.82 Å². The minimum absolute atomic E-state index is 0.556.